The minimum Gasteiger partial charge on any atom is -0.460 e. The van der Waals surface area contributed by atoms with Crippen LogP contribution in [0.4, 0.5) is 4.39 Å². The van der Waals surface area contributed by atoms with Crippen LogP contribution < -0.4 is 0 Å². The Bertz CT molecular complexity index is 275. The van der Waals surface area contributed by atoms with Gasteiger partial charge in [0.05, 0.1) is 6.42 Å². The zero-order chi connectivity index (χ0) is 13.8. The number of halogens is 1. The predicted octanol–water partition coefficient (Wildman–Crippen LogP) is 2.93. The molecule has 0 aromatic rings. The first-order valence-electron chi connectivity index (χ1n) is 6.86. The van der Waals surface area contributed by atoms with Crippen molar-refractivity contribution in [1.29, 1.82) is 0 Å². The third kappa shape index (κ3) is 5.34. The van der Waals surface area contributed by atoms with Gasteiger partial charge in [-0.15, -0.1) is 0 Å². The van der Waals surface area contributed by atoms with Gasteiger partial charge in [0.15, 0.2) is 0 Å². The second-order valence-electron chi connectivity index (χ2n) is 6.18. The largest absolute Gasteiger partial charge is 0.460 e. The van der Waals surface area contributed by atoms with Gasteiger partial charge in [-0.05, 0) is 40.7 Å². The van der Waals surface area contributed by atoms with Crippen molar-refractivity contribution in [2.24, 2.45) is 0 Å². The molecule has 0 unspecified atom stereocenters. The van der Waals surface area contributed by atoms with E-state index in [0.29, 0.717) is 19.4 Å². The van der Waals surface area contributed by atoms with Crippen LogP contribution in [-0.2, 0) is 9.53 Å². The van der Waals surface area contributed by atoms with Gasteiger partial charge in [0.25, 0.3) is 0 Å². The molecular weight excluding hydrogens is 233 g/mol. The first-order chi connectivity index (χ1) is 8.29. The summed E-state index contributed by atoms with van der Waals surface area (Å²) in [6, 6.07) is -0.0267. The fraction of sp³-hybridized carbons (Fsp3) is 0.929. The van der Waals surface area contributed by atoms with E-state index in [4.69, 9.17) is 4.74 Å². The number of hydrogen-bond acceptors (Lipinski definition) is 3. The molecule has 0 amide bonds. The van der Waals surface area contributed by atoms with Gasteiger partial charge in [0.1, 0.15) is 11.8 Å². The van der Waals surface area contributed by atoms with E-state index in [1.54, 1.807) is 0 Å². The van der Waals surface area contributed by atoms with E-state index in [1.165, 1.54) is 0 Å². The molecule has 1 aliphatic carbocycles. The molecule has 0 heterocycles. The van der Waals surface area contributed by atoms with Crippen LogP contribution in [0.15, 0.2) is 0 Å². The second kappa shape index (κ2) is 6.50. The molecular formula is C14H26FNO2. The van der Waals surface area contributed by atoms with Gasteiger partial charge in [-0.3, -0.25) is 9.69 Å². The van der Waals surface area contributed by atoms with Crippen LogP contribution in [0.3, 0.4) is 0 Å². The number of carbonyl (C=O) groups excluding carboxylic acids is 1. The van der Waals surface area contributed by atoms with E-state index in [2.05, 4.69) is 0 Å². The zero-order valence-electron chi connectivity index (χ0n) is 12.0. The molecule has 4 heteroatoms. The van der Waals surface area contributed by atoms with E-state index in [0.717, 1.165) is 19.3 Å². The van der Waals surface area contributed by atoms with Crippen LogP contribution in [0.2, 0.25) is 0 Å². The lowest BCUT2D eigenvalue weighted by Gasteiger charge is -2.33. The Balaban J connectivity index is 2.31. The Labute approximate surface area is 110 Å². The van der Waals surface area contributed by atoms with Gasteiger partial charge in [-0.1, -0.05) is 12.8 Å². The average molecular weight is 259 g/mol. The van der Waals surface area contributed by atoms with Gasteiger partial charge < -0.3 is 4.74 Å². The first kappa shape index (κ1) is 15.4. The molecule has 1 saturated carbocycles. The summed E-state index contributed by atoms with van der Waals surface area (Å²) >= 11 is 0. The molecule has 3 nitrogen and oxygen atoms in total. The maximum absolute atomic E-state index is 13.7. The number of ether oxygens (including phenoxy) is 1. The van der Waals surface area contributed by atoms with Gasteiger partial charge >= 0.3 is 5.97 Å². The Morgan fingerprint density at radius 2 is 1.94 bits per heavy atom. The third-order valence-corrected chi connectivity index (χ3v) is 3.30. The van der Waals surface area contributed by atoms with Crippen molar-refractivity contribution in [3.63, 3.8) is 0 Å². The minimum absolute atomic E-state index is 0.0267. The lowest BCUT2D eigenvalue weighted by atomic mass is 9.92. The Hall–Kier alpha value is -0.640. The molecule has 1 aliphatic rings. The molecule has 0 aromatic carbocycles. The summed E-state index contributed by atoms with van der Waals surface area (Å²) in [7, 11) is 1.90. The molecule has 0 aromatic heterocycles. The maximum Gasteiger partial charge on any atom is 0.307 e. The van der Waals surface area contributed by atoms with Crippen LogP contribution in [0.1, 0.15) is 52.9 Å². The van der Waals surface area contributed by atoms with Gasteiger partial charge in [0, 0.05) is 12.6 Å². The van der Waals surface area contributed by atoms with Crippen molar-refractivity contribution in [1.82, 2.24) is 4.90 Å². The zero-order valence-corrected chi connectivity index (χ0v) is 12.0. The van der Waals surface area contributed by atoms with Crippen molar-refractivity contribution in [2.45, 2.75) is 70.7 Å². The van der Waals surface area contributed by atoms with E-state index in [1.807, 2.05) is 32.7 Å². The predicted molar refractivity (Wildman–Crippen MR) is 70.2 cm³/mol. The van der Waals surface area contributed by atoms with Crippen LogP contribution in [-0.4, -0.2) is 42.3 Å². The number of nitrogens with zero attached hydrogens (tertiary/aromatic N) is 1. The van der Waals surface area contributed by atoms with E-state index >= 15 is 0 Å². The highest BCUT2D eigenvalue weighted by Gasteiger charge is 2.28. The molecule has 106 valence electrons. The second-order valence-corrected chi connectivity index (χ2v) is 6.18. The van der Waals surface area contributed by atoms with Crippen LogP contribution in [0.5, 0.6) is 0 Å². The summed E-state index contributed by atoms with van der Waals surface area (Å²) in [4.78, 5) is 13.6. The monoisotopic (exact) mass is 259 g/mol. The fourth-order valence-electron chi connectivity index (χ4n) is 2.39. The smallest absolute Gasteiger partial charge is 0.307 e. The number of hydrogen-bond donors (Lipinski definition) is 0. The highest BCUT2D eigenvalue weighted by Crippen LogP contribution is 2.25. The average Bonchev–Trinajstić information content (AvgIpc) is 2.24. The third-order valence-electron chi connectivity index (χ3n) is 3.30. The molecule has 0 bridgehead atoms. The standard InChI is InChI=1S/C14H26FNO2/c1-14(2,3)18-13(17)9-10-16(4)12-8-6-5-7-11(12)15/h11-12H,5-10H2,1-4H3/t11-,12-/m1/s1. The van der Waals surface area contributed by atoms with Gasteiger partial charge in [-0.25, -0.2) is 4.39 Å². The van der Waals surface area contributed by atoms with Gasteiger partial charge in [-0.2, -0.15) is 0 Å². The van der Waals surface area contributed by atoms with Crippen molar-refractivity contribution >= 4 is 5.97 Å². The number of esters is 1. The summed E-state index contributed by atoms with van der Waals surface area (Å²) in [5.74, 6) is -0.208. The summed E-state index contributed by atoms with van der Waals surface area (Å²) in [6.45, 7) is 6.13. The molecule has 1 fully saturated rings. The van der Waals surface area contributed by atoms with Gasteiger partial charge in [0.2, 0.25) is 0 Å². The SMILES string of the molecule is CN(CCC(=O)OC(C)(C)C)[C@@H]1CCCC[C@H]1F. The lowest BCUT2D eigenvalue weighted by Crippen LogP contribution is -2.42. The quantitative estimate of drug-likeness (QED) is 0.727. The topological polar surface area (TPSA) is 29.5 Å². The Morgan fingerprint density at radius 3 is 2.50 bits per heavy atom. The van der Waals surface area contributed by atoms with Crippen LogP contribution in [0, 0.1) is 0 Å². The Kier molecular flexibility index (Phi) is 5.57. The summed E-state index contributed by atoms with van der Waals surface area (Å²) in [5, 5.41) is 0. The number of alkyl halides is 1. The van der Waals surface area contributed by atoms with Crippen molar-refractivity contribution < 1.29 is 13.9 Å². The van der Waals surface area contributed by atoms with Crippen LogP contribution in [0.25, 0.3) is 0 Å². The molecule has 0 N–H and O–H groups in total. The lowest BCUT2D eigenvalue weighted by molar-refractivity contribution is -0.155. The number of rotatable bonds is 4. The fourth-order valence-corrected chi connectivity index (χ4v) is 2.39. The summed E-state index contributed by atoms with van der Waals surface area (Å²) < 4.78 is 19.0. The Morgan fingerprint density at radius 1 is 1.33 bits per heavy atom. The highest BCUT2D eigenvalue weighted by molar-refractivity contribution is 5.70. The van der Waals surface area contributed by atoms with Crippen molar-refractivity contribution in [3.8, 4) is 0 Å². The van der Waals surface area contributed by atoms with Crippen molar-refractivity contribution in [2.75, 3.05) is 13.6 Å². The normalized spacial score (nSPS) is 25.2. The highest BCUT2D eigenvalue weighted by atomic mass is 19.1. The molecule has 18 heavy (non-hydrogen) atoms. The molecule has 0 saturated heterocycles. The molecule has 0 spiro atoms. The summed E-state index contributed by atoms with van der Waals surface area (Å²) in [5.41, 5.74) is -0.441. The maximum atomic E-state index is 13.7. The first-order valence-corrected chi connectivity index (χ1v) is 6.86. The molecule has 0 radical (unpaired) electrons. The van der Waals surface area contributed by atoms with Crippen LogP contribution >= 0.6 is 0 Å². The van der Waals surface area contributed by atoms with E-state index in [9.17, 15) is 9.18 Å². The van der Waals surface area contributed by atoms with Crippen molar-refractivity contribution in [3.05, 3.63) is 0 Å². The van der Waals surface area contributed by atoms with E-state index in [-0.39, 0.29) is 12.0 Å². The molecule has 2 atom stereocenters. The van der Waals surface area contributed by atoms with E-state index < -0.39 is 11.8 Å². The molecule has 1 rings (SSSR count). The molecule has 0 aliphatic heterocycles. The minimum atomic E-state index is -0.748. The number of carbonyl (C=O) groups is 1. The summed E-state index contributed by atoms with van der Waals surface area (Å²) in [6.07, 6.45) is 3.20.